The SMILES string of the molecule is NCCCNC(=O)CC1CNCCO1. The molecule has 0 aromatic heterocycles. The van der Waals surface area contributed by atoms with Crippen LogP contribution in [0.25, 0.3) is 0 Å². The minimum absolute atomic E-state index is 0.0293. The molecular formula is C9H19N3O2. The third-order valence-electron chi connectivity index (χ3n) is 2.12. The molecule has 0 aromatic rings. The van der Waals surface area contributed by atoms with E-state index in [1.165, 1.54) is 0 Å². The Bertz CT molecular complexity index is 169. The quantitative estimate of drug-likeness (QED) is 0.490. The van der Waals surface area contributed by atoms with Crippen LogP contribution in [0, 0.1) is 0 Å². The largest absolute Gasteiger partial charge is 0.375 e. The van der Waals surface area contributed by atoms with Crippen molar-refractivity contribution in [2.75, 3.05) is 32.8 Å². The van der Waals surface area contributed by atoms with Crippen molar-refractivity contribution in [3.05, 3.63) is 0 Å². The van der Waals surface area contributed by atoms with Crippen LogP contribution in [0.4, 0.5) is 0 Å². The van der Waals surface area contributed by atoms with Crippen molar-refractivity contribution < 1.29 is 9.53 Å². The van der Waals surface area contributed by atoms with Gasteiger partial charge < -0.3 is 21.1 Å². The van der Waals surface area contributed by atoms with Crippen molar-refractivity contribution in [2.24, 2.45) is 5.73 Å². The smallest absolute Gasteiger partial charge is 0.222 e. The van der Waals surface area contributed by atoms with Crippen molar-refractivity contribution in [2.45, 2.75) is 18.9 Å². The molecule has 0 aromatic carbocycles. The highest BCUT2D eigenvalue weighted by Crippen LogP contribution is 2.00. The molecule has 1 aliphatic heterocycles. The molecule has 1 heterocycles. The molecule has 0 bridgehead atoms. The fourth-order valence-electron chi connectivity index (χ4n) is 1.36. The summed E-state index contributed by atoms with van der Waals surface area (Å²) in [7, 11) is 0. The molecule has 5 heteroatoms. The zero-order chi connectivity index (χ0) is 10.2. The summed E-state index contributed by atoms with van der Waals surface area (Å²) >= 11 is 0. The molecule has 1 fully saturated rings. The van der Waals surface area contributed by atoms with E-state index in [1.807, 2.05) is 0 Å². The van der Waals surface area contributed by atoms with Gasteiger partial charge in [0.25, 0.3) is 0 Å². The number of hydrogen-bond donors (Lipinski definition) is 3. The summed E-state index contributed by atoms with van der Waals surface area (Å²) in [5, 5.41) is 5.99. The highest BCUT2D eigenvalue weighted by molar-refractivity contribution is 5.76. The molecule has 0 radical (unpaired) electrons. The summed E-state index contributed by atoms with van der Waals surface area (Å²) < 4.78 is 5.41. The van der Waals surface area contributed by atoms with Gasteiger partial charge in [-0.1, -0.05) is 0 Å². The number of carbonyl (C=O) groups excluding carboxylic acids is 1. The van der Waals surface area contributed by atoms with Crippen molar-refractivity contribution in [3.63, 3.8) is 0 Å². The van der Waals surface area contributed by atoms with Gasteiger partial charge in [0.1, 0.15) is 0 Å². The maximum absolute atomic E-state index is 11.3. The lowest BCUT2D eigenvalue weighted by Crippen LogP contribution is -2.41. The first kappa shape index (κ1) is 11.4. The number of morpholine rings is 1. The first-order chi connectivity index (χ1) is 6.83. The maximum atomic E-state index is 11.3. The van der Waals surface area contributed by atoms with Gasteiger partial charge in [0.2, 0.25) is 5.91 Å². The number of carbonyl (C=O) groups is 1. The van der Waals surface area contributed by atoms with Gasteiger partial charge in [-0.3, -0.25) is 4.79 Å². The first-order valence-corrected chi connectivity index (χ1v) is 5.12. The van der Waals surface area contributed by atoms with Gasteiger partial charge in [0, 0.05) is 19.6 Å². The Morgan fingerprint density at radius 1 is 1.64 bits per heavy atom. The van der Waals surface area contributed by atoms with Crippen molar-refractivity contribution in [1.82, 2.24) is 10.6 Å². The molecule has 1 amide bonds. The van der Waals surface area contributed by atoms with Gasteiger partial charge in [-0.05, 0) is 13.0 Å². The third kappa shape index (κ3) is 4.55. The highest BCUT2D eigenvalue weighted by Gasteiger charge is 2.16. The van der Waals surface area contributed by atoms with Crippen LogP contribution in [0.2, 0.25) is 0 Å². The Morgan fingerprint density at radius 2 is 2.50 bits per heavy atom. The van der Waals surface area contributed by atoms with Gasteiger partial charge in [-0.15, -0.1) is 0 Å². The number of hydrogen-bond acceptors (Lipinski definition) is 4. The lowest BCUT2D eigenvalue weighted by Gasteiger charge is -2.22. The van der Waals surface area contributed by atoms with Gasteiger partial charge in [-0.2, -0.15) is 0 Å². The fraction of sp³-hybridized carbons (Fsp3) is 0.889. The van der Waals surface area contributed by atoms with E-state index in [0.717, 1.165) is 19.5 Å². The molecule has 0 spiro atoms. The van der Waals surface area contributed by atoms with Crippen molar-refractivity contribution in [1.29, 1.82) is 0 Å². The Labute approximate surface area is 84.4 Å². The molecule has 0 saturated carbocycles. The summed E-state index contributed by atoms with van der Waals surface area (Å²) in [5.74, 6) is 0.0483. The van der Waals surface area contributed by atoms with Crippen LogP contribution < -0.4 is 16.4 Å². The van der Waals surface area contributed by atoms with Crippen molar-refractivity contribution >= 4 is 5.91 Å². The maximum Gasteiger partial charge on any atom is 0.222 e. The number of ether oxygens (including phenoxy) is 1. The Hall–Kier alpha value is -0.650. The Balaban J connectivity index is 2.06. The predicted molar refractivity (Wildman–Crippen MR) is 53.9 cm³/mol. The lowest BCUT2D eigenvalue weighted by molar-refractivity contribution is -0.124. The Morgan fingerprint density at radius 3 is 3.14 bits per heavy atom. The van der Waals surface area contributed by atoms with Gasteiger partial charge >= 0.3 is 0 Å². The molecule has 5 nitrogen and oxygen atoms in total. The molecule has 4 N–H and O–H groups in total. The molecular weight excluding hydrogens is 182 g/mol. The number of rotatable bonds is 5. The zero-order valence-electron chi connectivity index (χ0n) is 8.42. The zero-order valence-corrected chi connectivity index (χ0v) is 8.42. The summed E-state index contributed by atoms with van der Waals surface area (Å²) in [6.07, 6.45) is 1.30. The van der Waals surface area contributed by atoms with E-state index in [0.29, 0.717) is 26.1 Å². The minimum Gasteiger partial charge on any atom is -0.375 e. The number of nitrogens with two attached hydrogens (primary N) is 1. The second-order valence-electron chi connectivity index (χ2n) is 3.39. The molecule has 1 atom stereocenters. The average molecular weight is 201 g/mol. The third-order valence-corrected chi connectivity index (χ3v) is 2.12. The average Bonchev–Trinajstić information content (AvgIpc) is 2.20. The van der Waals surface area contributed by atoms with Gasteiger partial charge in [-0.25, -0.2) is 0 Å². The molecule has 1 saturated heterocycles. The fourth-order valence-corrected chi connectivity index (χ4v) is 1.36. The van der Waals surface area contributed by atoms with E-state index >= 15 is 0 Å². The van der Waals surface area contributed by atoms with Crippen LogP contribution in [-0.2, 0) is 9.53 Å². The molecule has 1 rings (SSSR count). The van der Waals surface area contributed by atoms with Crippen LogP contribution in [0.3, 0.4) is 0 Å². The summed E-state index contributed by atoms with van der Waals surface area (Å²) in [5.41, 5.74) is 5.31. The summed E-state index contributed by atoms with van der Waals surface area (Å²) in [6.45, 7) is 3.62. The molecule has 1 unspecified atom stereocenters. The van der Waals surface area contributed by atoms with Crippen LogP contribution >= 0.6 is 0 Å². The van der Waals surface area contributed by atoms with Crippen LogP contribution in [0.15, 0.2) is 0 Å². The van der Waals surface area contributed by atoms with E-state index in [9.17, 15) is 4.79 Å². The van der Waals surface area contributed by atoms with E-state index in [4.69, 9.17) is 10.5 Å². The minimum atomic E-state index is 0.0293. The molecule has 14 heavy (non-hydrogen) atoms. The first-order valence-electron chi connectivity index (χ1n) is 5.12. The van der Waals surface area contributed by atoms with Crippen LogP contribution in [0.5, 0.6) is 0 Å². The van der Waals surface area contributed by atoms with Gasteiger partial charge in [0.05, 0.1) is 19.1 Å². The van der Waals surface area contributed by atoms with E-state index in [1.54, 1.807) is 0 Å². The second-order valence-corrected chi connectivity index (χ2v) is 3.39. The normalized spacial score (nSPS) is 21.9. The lowest BCUT2D eigenvalue weighted by atomic mass is 10.2. The van der Waals surface area contributed by atoms with Gasteiger partial charge in [0.15, 0.2) is 0 Å². The standard InChI is InChI=1S/C9H19N3O2/c10-2-1-3-12-9(13)6-8-7-11-4-5-14-8/h8,11H,1-7,10H2,(H,12,13). The second kappa shape index (κ2) is 6.75. The molecule has 82 valence electrons. The van der Waals surface area contributed by atoms with Crippen LogP contribution in [0.1, 0.15) is 12.8 Å². The number of nitrogens with one attached hydrogen (secondary N) is 2. The van der Waals surface area contributed by atoms with E-state index < -0.39 is 0 Å². The van der Waals surface area contributed by atoms with E-state index in [-0.39, 0.29) is 12.0 Å². The monoisotopic (exact) mass is 201 g/mol. The molecule has 0 aliphatic carbocycles. The number of amides is 1. The molecule has 1 aliphatic rings. The van der Waals surface area contributed by atoms with E-state index in [2.05, 4.69) is 10.6 Å². The highest BCUT2D eigenvalue weighted by atomic mass is 16.5. The van der Waals surface area contributed by atoms with Crippen LogP contribution in [-0.4, -0.2) is 44.8 Å². The van der Waals surface area contributed by atoms with Crippen molar-refractivity contribution in [3.8, 4) is 0 Å². The Kier molecular flexibility index (Phi) is 5.51. The summed E-state index contributed by atoms with van der Waals surface area (Å²) in [6, 6.07) is 0. The predicted octanol–water partition coefficient (Wildman–Crippen LogP) is -1.17. The summed E-state index contributed by atoms with van der Waals surface area (Å²) in [4.78, 5) is 11.3. The topological polar surface area (TPSA) is 76.4 Å².